The number of hydrogen-bond donors (Lipinski definition) is 0. The third-order valence-electron chi connectivity index (χ3n) is 4.07. The van der Waals surface area contributed by atoms with Gasteiger partial charge in [0, 0.05) is 44.6 Å². The summed E-state index contributed by atoms with van der Waals surface area (Å²) in [5.74, 6) is -0.210. The number of sulfonamides is 1. The minimum absolute atomic E-state index is 0.210. The molecule has 1 saturated heterocycles. The minimum Gasteiger partial charge on any atom is -0.335 e. The maximum atomic E-state index is 12.6. The molecule has 0 aromatic carbocycles. The zero-order valence-corrected chi connectivity index (χ0v) is 14.8. The first-order valence-corrected chi connectivity index (χ1v) is 10.0. The van der Waals surface area contributed by atoms with E-state index in [1.807, 2.05) is 0 Å². The van der Waals surface area contributed by atoms with E-state index in [1.54, 1.807) is 51.5 Å². The molecule has 0 spiro atoms. The molecule has 1 aliphatic heterocycles. The highest BCUT2D eigenvalue weighted by atomic mass is 32.2. The number of rotatable bonds is 3. The molecule has 130 valence electrons. The summed E-state index contributed by atoms with van der Waals surface area (Å²) < 4.78 is 28.3. The molecule has 0 atom stereocenters. The van der Waals surface area contributed by atoms with Crippen LogP contribution in [-0.2, 0) is 10.0 Å². The normalized spacial score (nSPS) is 16.4. The number of thiophene rings is 1. The molecule has 0 N–H and O–H groups in total. The molecular formula is C15H15N5O3S2. The second-order valence-electron chi connectivity index (χ2n) is 5.58. The van der Waals surface area contributed by atoms with Crippen molar-refractivity contribution in [1.29, 1.82) is 0 Å². The van der Waals surface area contributed by atoms with E-state index < -0.39 is 10.0 Å². The number of carbonyl (C=O) groups excluding carboxylic acids is 1. The number of aromatic nitrogens is 3. The standard InChI is InChI=1S/C15H15N5O3S2/c21-15(12-11-13-16-4-2-5-20(13)17-12)18-6-8-19(9-7-18)25(22,23)14-3-1-10-24-14/h1-5,10-11H,6-9H2. The van der Waals surface area contributed by atoms with Gasteiger partial charge in [-0.25, -0.2) is 17.9 Å². The van der Waals surface area contributed by atoms with Gasteiger partial charge in [-0.05, 0) is 17.5 Å². The topological polar surface area (TPSA) is 87.9 Å². The third-order valence-corrected chi connectivity index (χ3v) is 7.34. The van der Waals surface area contributed by atoms with Gasteiger partial charge in [0.15, 0.2) is 11.3 Å². The van der Waals surface area contributed by atoms with Gasteiger partial charge in [0.05, 0.1) is 0 Å². The fourth-order valence-electron chi connectivity index (χ4n) is 2.77. The van der Waals surface area contributed by atoms with E-state index in [-0.39, 0.29) is 19.0 Å². The summed E-state index contributed by atoms with van der Waals surface area (Å²) >= 11 is 1.20. The Labute approximate surface area is 148 Å². The Morgan fingerprint density at radius 2 is 1.96 bits per heavy atom. The lowest BCUT2D eigenvalue weighted by atomic mass is 10.3. The molecule has 0 bridgehead atoms. The molecule has 0 aliphatic carbocycles. The van der Waals surface area contributed by atoms with E-state index in [0.717, 1.165) is 0 Å². The molecule has 1 fully saturated rings. The molecule has 4 rings (SSSR count). The van der Waals surface area contributed by atoms with Crippen LogP contribution in [0.2, 0.25) is 0 Å². The van der Waals surface area contributed by atoms with Crippen LogP contribution in [0.4, 0.5) is 0 Å². The van der Waals surface area contributed by atoms with E-state index in [1.165, 1.54) is 15.6 Å². The Morgan fingerprint density at radius 3 is 2.64 bits per heavy atom. The molecule has 0 radical (unpaired) electrons. The maximum absolute atomic E-state index is 12.6. The Bertz CT molecular complexity index is 972. The number of carbonyl (C=O) groups is 1. The molecule has 1 amide bonds. The van der Waals surface area contributed by atoms with Crippen LogP contribution < -0.4 is 0 Å². The van der Waals surface area contributed by atoms with Gasteiger partial charge in [-0.15, -0.1) is 11.3 Å². The predicted octanol–water partition coefficient (Wildman–Crippen LogP) is 0.937. The molecule has 10 heteroatoms. The Balaban J connectivity index is 1.47. The highest BCUT2D eigenvalue weighted by Gasteiger charge is 2.31. The Kier molecular flexibility index (Phi) is 4.02. The minimum atomic E-state index is -3.47. The van der Waals surface area contributed by atoms with Crippen molar-refractivity contribution in [2.45, 2.75) is 4.21 Å². The highest BCUT2D eigenvalue weighted by Crippen LogP contribution is 2.22. The van der Waals surface area contributed by atoms with Gasteiger partial charge in [0.25, 0.3) is 15.9 Å². The number of fused-ring (bicyclic) bond motifs is 1. The molecule has 3 aromatic heterocycles. The van der Waals surface area contributed by atoms with E-state index in [0.29, 0.717) is 28.6 Å². The fourth-order valence-corrected chi connectivity index (χ4v) is 5.33. The summed E-state index contributed by atoms with van der Waals surface area (Å²) in [6.45, 7) is 1.23. The van der Waals surface area contributed by atoms with Crippen molar-refractivity contribution in [3.05, 3.63) is 47.7 Å². The SMILES string of the molecule is O=C(c1cc2ncccn2n1)N1CCN(S(=O)(=O)c2cccs2)CC1. The average Bonchev–Trinajstić information content (AvgIpc) is 3.31. The van der Waals surface area contributed by atoms with Crippen LogP contribution in [0.15, 0.2) is 46.2 Å². The first-order valence-electron chi connectivity index (χ1n) is 7.69. The summed E-state index contributed by atoms with van der Waals surface area (Å²) in [6.07, 6.45) is 3.37. The maximum Gasteiger partial charge on any atom is 0.274 e. The van der Waals surface area contributed by atoms with E-state index in [9.17, 15) is 13.2 Å². The Hall–Kier alpha value is -2.30. The summed E-state index contributed by atoms with van der Waals surface area (Å²) in [7, 11) is -3.47. The van der Waals surface area contributed by atoms with Gasteiger partial charge in [-0.2, -0.15) is 9.40 Å². The van der Waals surface area contributed by atoms with Gasteiger partial charge in [0.1, 0.15) is 4.21 Å². The van der Waals surface area contributed by atoms with Crippen LogP contribution in [0, 0.1) is 0 Å². The van der Waals surface area contributed by atoms with Crippen molar-refractivity contribution in [3.63, 3.8) is 0 Å². The van der Waals surface area contributed by atoms with Crippen molar-refractivity contribution in [1.82, 2.24) is 23.8 Å². The monoisotopic (exact) mass is 377 g/mol. The number of nitrogens with zero attached hydrogens (tertiary/aromatic N) is 5. The van der Waals surface area contributed by atoms with E-state index in [4.69, 9.17) is 0 Å². The smallest absolute Gasteiger partial charge is 0.274 e. The van der Waals surface area contributed by atoms with Crippen molar-refractivity contribution in [2.24, 2.45) is 0 Å². The largest absolute Gasteiger partial charge is 0.335 e. The lowest BCUT2D eigenvalue weighted by Gasteiger charge is -2.33. The van der Waals surface area contributed by atoms with Gasteiger partial charge in [-0.1, -0.05) is 6.07 Å². The van der Waals surface area contributed by atoms with Crippen molar-refractivity contribution in [2.75, 3.05) is 26.2 Å². The van der Waals surface area contributed by atoms with Crippen LogP contribution >= 0.6 is 11.3 Å². The van der Waals surface area contributed by atoms with Crippen LogP contribution in [0.5, 0.6) is 0 Å². The summed E-state index contributed by atoms with van der Waals surface area (Å²) in [6, 6.07) is 6.69. The molecule has 8 nitrogen and oxygen atoms in total. The first kappa shape index (κ1) is 16.2. The number of piperazine rings is 1. The van der Waals surface area contributed by atoms with Crippen LogP contribution in [-0.4, -0.2) is 64.3 Å². The first-order chi connectivity index (χ1) is 12.1. The molecule has 1 aliphatic rings. The summed E-state index contributed by atoms with van der Waals surface area (Å²) in [4.78, 5) is 18.4. The van der Waals surface area contributed by atoms with E-state index >= 15 is 0 Å². The van der Waals surface area contributed by atoms with Gasteiger partial charge >= 0.3 is 0 Å². The van der Waals surface area contributed by atoms with Crippen molar-refractivity contribution in [3.8, 4) is 0 Å². The Morgan fingerprint density at radius 1 is 1.16 bits per heavy atom. The predicted molar refractivity (Wildman–Crippen MR) is 92.0 cm³/mol. The van der Waals surface area contributed by atoms with Crippen LogP contribution in [0.3, 0.4) is 0 Å². The highest BCUT2D eigenvalue weighted by molar-refractivity contribution is 7.91. The molecule has 4 heterocycles. The fraction of sp³-hybridized carbons (Fsp3) is 0.267. The van der Waals surface area contributed by atoms with Gasteiger partial charge in [0.2, 0.25) is 0 Å². The average molecular weight is 377 g/mol. The van der Waals surface area contributed by atoms with Gasteiger partial charge < -0.3 is 4.90 Å². The summed E-state index contributed by atoms with van der Waals surface area (Å²) in [5, 5.41) is 5.97. The zero-order valence-electron chi connectivity index (χ0n) is 13.1. The van der Waals surface area contributed by atoms with Gasteiger partial charge in [-0.3, -0.25) is 4.79 Å². The number of amides is 1. The van der Waals surface area contributed by atoms with Crippen LogP contribution in [0.25, 0.3) is 5.65 Å². The molecule has 3 aromatic rings. The molecule has 0 saturated carbocycles. The second-order valence-corrected chi connectivity index (χ2v) is 8.69. The zero-order chi connectivity index (χ0) is 17.4. The summed E-state index contributed by atoms with van der Waals surface area (Å²) in [5.41, 5.74) is 0.915. The van der Waals surface area contributed by atoms with Crippen molar-refractivity contribution < 1.29 is 13.2 Å². The van der Waals surface area contributed by atoms with Crippen LogP contribution in [0.1, 0.15) is 10.5 Å². The van der Waals surface area contributed by atoms with E-state index in [2.05, 4.69) is 10.1 Å². The molecular weight excluding hydrogens is 362 g/mol. The van der Waals surface area contributed by atoms with Crippen molar-refractivity contribution >= 4 is 32.9 Å². The molecule has 25 heavy (non-hydrogen) atoms. The second kappa shape index (κ2) is 6.21. The lowest BCUT2D eigenvalue weighted by Crippen LogP contribution is -2.50. The quantitative estimate of drug-likeness (QED) is 0.678. The lowest BCUT2D eigenvalue weighted by molar-refractivity contribution is 0.0691. The number of hydrogen-bond acceptors (Lipinski definition) is 6. The third kappa shape index (κ3) is 2.92. The molecule has 0 unspecified atom stereocenters.